The Bertz CT molecular complexity index is 1230. The summed E-state index contributed by atoms with van der Waals surface area (Å²) >= 11 is 0. The van der Waals surface area contributed by atoms with Gasteiger partial charge in [-0.1, -0.05) is 155 Å². The standard InChI is InChI=1S/C23H43NO5.C17H31NO5.C5H9NO4.2Na/c1-2-3-4-5-6-7-8-9-10-11-12-13-14-15-16-17-22(27)29-23(28)20(24)18-19-21(25)26;1-2-3-4-5-6-7-8-9-10-11-16(21)23-17(22)14(18)12-13-15(19)20;6-3(5(9)10)1-2-4(7)8;;/h20H,2-19,24H2,1H3,(H,25,26);14H,2-13,18H2,1H3,(H,19,20);3H,1-2,6H2,(H,7,8)(H,9,10);;/q;;;2*+1/p-2/t20-;14-;3-;;/m000../s1. The van der Waals surface area contributed by atoms with Gasteiger partial charge in [-0.05, 0) is 38.5 Å². The van der Waals surface area contributed by atoms with Gasteiger partial charge in [0.15, 0.2) is 0 Å². The van der Waals surface area contributed by atoms with E-state index in [9.17, 15) is 48.6 Å². The van der Waals surface area contributed by atoms with Crippen LogP contribution >= 0.6 is 0 Å². The van der Waals surface area contributed by atoms with Crippen molar-refractivity contribution in [3.05, 3.63) is 0 Å². The number of carboxylic acid groups (broad SMARTS) is 4. The second-order valence-electron chi connectivity index (χ2n) is 15.8. The summed E-state index contributed by atoms with van der Waals surface area (Å²) in [5.74, 6) is -7.66. The van der Waals surface area contributed by atoms with E-state index in [2.05, 4.69) is 23.3 Å². The van der Waals surface area contributed by atoms with E-state index in [1.807, 2.05) is 0 Å². The van der Waals surface area contributed by atoms with E-state index in [4.69, 9.17) is 27.4 Å². The molecule has 19 heteroatoms. The number of carbonyl (C=O) groups is 8. The third-order valence-corrected chi connectivity index (χ3v) is 9.80. The molecule has 0 aliphatic rings. The maximum absolute atomic E-state index is 11.6. The fraction of sp³-hybridized carbons (Fsp3) is 0.822. The maximum atomic E-state index is 11.6. The van der Waals surface area contributed by atoms with E-state index in [1.54, 1.807) is 0 Å². The molecule has 0 aromatic heterocycles. The number of aliphatic carboxylic acids is 4. The van der Waals surface area contributed by atoms with Crippen molar-refractivity contribution in [2.45, 2.75) is 237 Å². The number of esters is 4. The third kappa shape index (κ3) is 56.2. The Balaban J connectivity index is -0.000000296. The Morgan fingerprint density at radius 3 is 0.906 bits per heavy atom. The van der Waals surface area contributed by atoms with Gasteiger partial charge in [-0.3, -0.25) is 19.2 Å². The summed E-state index contributed by atoms with van der Waals surface area (Å²) in [5, 5.41) is 36.8. The number of hydrogen-bond acceptors (Lipinski definition) is 15. The van der Waals surface area contributed by atoms with Crippen LogP contribution < -0.4 is 86.5 Å². The molecule has 64 heavy (non-hydrogen) atoms. The van der Waals surface area contributed by atoms with Gasteiger partial charge in [0.25, 0.3) is 0 Å². The Kier molecular flexibility index (Phi) is 57.7. The first-order chi connectivity index (χ1) is 29.5. The second kappa shape index (κ2) is 52.0. The SMILES string of the molecule is CCCCCCCCCCCC(=O)OC(=O)[C@@H](N)CCC(=O)O.CCCCCCCCCCCCCCCCCC(=O)OC(=O)[C@@H](N)CCC(=O)[O-].N[C@@H](CCC(=O)O)C(=O)[O-].[Na+].[Na+]. The third-order valence-electron chi connectivity index (χ3n) is 9.80. The van der Waals surface area contributed by atoms with Crippen LogP contribution in [0.4, 0.5) is 0 Å². The molecule has 0 aliphatic heterocycles. The van der Waals surface area contributed by atoms with Crippen molar-refractivity contribution >= 4 is 47.8 Å². The van der Waals surface area contributed by atoms with Gasteiger partial charge in [-0.2, -0.15) is 0 Å². The molecule has 17 nitrogen and oxygen atoms in total. The summed E-state index contributed by atoms with van der Waals surface area (Å²) < 4.78 is 9.27. The zero-order valence-electron chi connectivity index (χ0n) is 39.9. The van der Waals surface area contributed by atoms with Gasteiger partial charge in [0.1, 0.15) is 12.1 Å². The van der Waals surface area contributed by atoms with Gasteiger partial charge in [-0.25, -0.2) is 9.59 Å². The Hall–Kier alpha value is -1.96. The first-order valence-electron chi connectivity index (χ1n) is 23.1. The van der Waals surface area contributed by atoms with Crippen molar-refractivity contribution in [2.24, 2.45) is 17.2 Å². The zero-order chi connectivity index (χ0) is 47.4. The van der Waals surface area contributed by atoms with Crippen LogP contribution in [0.1, 0.15) is 219 Å². The maximum Gasteiger partial charge on any atom is 1.00 e. The number of rotatable bonds is 38. The minimum absolute atomic E-state index is 0. The van der Waals surface area contributed by atoms with Gasteiger partial charge in [0, 0.05) is 37.7 Å². The average molecular weight is 934 g/mol. The van der Waals surface area contributed by atoms with Crippen LogP contribution in [-0.4, -0.2) is 76.1 Å². The average Bonchev–Trinajstić information content (AvgIpc) is 3.21. The minimum Gasteiger partial charge on any atom is -0.550 e. The van der Waals surface area contributed by atoms with Gasteiger partial charge in [-0.15, -0.1) is 0 Å². The molecule has 8 N–H and O–H groups in total. The minimum atomic E-state index is -1.42. The van der Waals surface area contributed by atoms with Crippen LogP contribution in [0.5, 0.6) is 0 Å². The van der Waals surface area contributed by atoms with Crippen molar-refractivity contribution < 1.29 is 127 Å². The van der Waals surface area contributed by atoms with Crippen LogP contribution in [0, 0.1) is 0 Å². The Morgan fingerprint density at radius 2 is 0.656 bits per heavy atom. The van der Waals surface area contributed by atoms with E-state index >= 15 is 0 Å². The van der Waals surface area contributed by atoms with Gasteiger partial charge in [0.05, 0.1) is 5.97 Å². The number of unbranched alkanes of at least 4 members (excludes halogenated alkanes) is 22. The summed E-state index contributed by atoms with van der Waals surface area (Å²) in [6, 6.07) is -3.33. The summed E-state index contributed by atoms with van der Waals surface area (Å²) in [5.41, 5.74) is 15.9. The Labute approximate surface area is 426 Å². The topological polar surface area (TPSA) is 320 Å². The fourth-order valence-electron chi connectivity index (χ4n) is 5.88. The number of carbonyl (C=O) groups excluding carboxylic acids is 6. The number of ether oxygens (including phenoxy) is 2. The molecular weight excluding hydrogens is 852 g/mol. The van der Waals surface area contributed by atoms with Gasteiger partial charge >= 0.3 is 94.9 Å². The predicted octanol–water partition coefficient (Wildman–Crippen LogP) is -0.719. The van der Waals surface area contributed by atoms with Gasteiger partial charge in [0.2, 0.25) is 0 Å². The molecule has 362 valence electrons. The van der Waals surface area contributed by atoms with Crippen molar-refractivity contribution in [1.29, 1.82) is 0 Å². The molecule has 0 aliphatic carbocycles. The quantitative estimate of drug-likeness (QED) is 0.0221. The number of hydrogen-bond donors (Lipinski definition) is 5. The van der Waals surface area contributed by atoms with Crippen LogP contribution in [0.3, 0.4) is 0 Å². The molecule has 3 atom stereocenters. The molecule has 0 aromatic rings. The van der Waals surface area contributed by atoms with E-state index in [0.29, 0.717) is 12.8 Å². The molecule has 0 spiro atoms. The van der Waals surface area contributed by atoms with E-state index in [0.717, 1.165) is 25.7 Å². The molecule has 0 aromatic carbocycles. The first kappa shape index (κ1) is 71.0. The first-order valence-corrected chi connectivity index (χ1v) is 23.1. The Morgan fingerprint density at radius 1 is 0.406 bits per heavy atom. The molecule has 0 saturated carbocycles. The van der Waals surface area contributed by atoms with Crippen molar-refractivity contribution in [3.8, 4) is 0 Å². The summed E-state index contributed by atoms with van der Waals surface area (Å²) in [7, 11) is 0. The molecule has 0 rings (SSSR count). The molecule has 0 fully saturated rings. The van der Waals surface area contributed by atoms with E-state index in [1.165, 1.54) is 116 Å². The van der Waals surface area contributed by atoms with Gasteiger partial charge < -0.3 is 56.7 Å². The largest absolute Gasteiger partial charge is 1.00 e. The van der Waals surface area contributed by atoms with E-state index < -0.39 is 65.9 Å². The van der Waals surface area contributed by atoms with Crippen molar-refractivity contribution in [1.82, 2.24) is 0 Å². The molecule has 0 bridgehead atoms. The van der Waals surface area contributed by atoms with Crippen LogP contribution in [-0.2, 0) is 47.8 Å². The summed E-state index contributed by atoms with van der Waals surface area (Å²) in [6.45, 7) is 4.45. The predicted molar refractivity (Wildman–Crippen MR) is 231 cm³/mol. The second-order valence-corrected chi connectivity index (χ2v) is 15.8. The van der Waals surface area contributed by atoms with Crippen LogP contribution in [0.25, 0.3) is 0 Å². The summed E-state index contributed by atoms with van der Waals surface area (Å²) in [6.07, 6.45) is 28.4. The van der Waals surface area contributed by atoms with Crippen LogP contribution in [0.2, 0.25) is 0 Å². The van der Waals surface area contributed by atoms with Crippen LogP contribution in [0.15, 0.2) is 0 Å². The zero-order valence-corrected chi connectivity index (χ0v) is 43.9. The normalized spacial score (nSPS) is 11.6. The monoisotopic (exact) mass is 934 g/mol. The van der Waals surface area contributed by atoms with Crippen molar-refractivity contribution in [3.63, 3.8) is 0 Å². The molecule has 0 saturated heterocycles. The van der Waals surface area contributed by atoms with E-state index in [-0.39, 0.29) is 110 Å². The molecule has 0 heterocycles. The molecule has 0 amide bonds. The van der Waals surface area contributed by atoms with Crippen molar-refractivity contribution in [2.75, 3.05) is 0 Å². The summed E-state index contributed by atoms with van der Waals surface area (Å²) in [4.78, 5) is 86.5. The number of nitrogens with two attached hydrogens (primary N) is 3. The smallest absolute Gasteiger partial charge is 0.550 e. The fourth-order valence-corrected chi connectivity index (χ4v) is 5.88. The number of carboxylic acids is 4. The molecule has 0 radical (unpaired) electrons. The molecule has 0 unspecified atom stereocenters. The molecular formula is C45H81N3Na2O14.